The number of carboxylic acid groups (broad SMARTS) is 1. The monoisotopic (exact) mass is 604 g/mol. The minimum atomic E-state index is -1.05. The molecule has 6 rings (SSSR count). The highest BCUT2D eigenvalue weighted by Crippen LogP contribution is 2.51. The van der Waals surface area contributed by atoms with Crippen LogP contribution in [-0.2, 0) is 38.5 Å². The van der Waals surface area contributed by atoms with Gasteiger partial charge in [-0.1, -0.05) is 45.4 Å². The lowest BCUT2D eigenvalue weighted by atomic mass is 9.73. The van der Waals surface area contributed by atoms with E-state index in [1.807, 2.05) is 6.20 Å². The number of aliphatic carboxylic acids is 1. The van der Waals surface area contributed by atoms with E-state index in [0.29, 0.717) is 24.8 Å². The van der Waals surface area contributed by atoms with Crippen LogP contribution in [0.1, 0.15) is 112 Å². The first-order valence-corrected chi connectivity index (χ1v) is 16.6. The third-order valence-electron chi connectivity index (χ3n) is 10.5. The number of carbonyl (C=O) groups is 2. The number of ether oxygens (including phenoxy) is 3. The molecule has 0 bridgehead atoms. The Hall–Kier alpha value is -2.97. The zero-order valence-corrected chi connectivity index (χ0v) is 26.7. The maximum absolute atomic E-state index is 14.5. The molecule has 3 fully saturated rings. The van der Waals surface area contributed by atoms with E-state index in [-0.39, 0.29) is 12.5 Å². The standard InChI is InChI=1S/C36H48N2O6/c1-36(2,3)29-31(35(40)41)38(34(39)28-17-7-8-18-43-28)30(27-16-10-14-23-11-5-6-15-26(23)27)32(29)44-21-25-19-24(22-12-9-13-22)20-37-33(25)42-4/h10,14,16,19-20,22,28-32H,5-9,11-13,15,17-18,21H2,1-4H3,(H,40,41)/t28-,29+,30-,31-,32-/m0/s1. The van der Waals surface area contributed by atoms with Crippen LogP contribution in [0.25, 0.3) is 0 Å². The lowest BCUT2D eigenvalue weighted by Crippen LogP contribution is -2.51. The summed E-state index contributed by atoms with van der Waals surface area (Å²) >= 11 is 0. The van der Waals surface area contributed by atoms with Crippen molar-refractivity contribution in [3.05, 3.63) is 58.3 Å². The minimum Gasteiger partial charge on any atom is -0.481 e. The van der Waals surface area contributed by atoms with Crippen LogP contribution in [0.3, 0.4) is 0 Å². The maximum atomic E-state index is 14.5. The van der Waals surface area contributed by atoms with E-state index in [4.69, 9.17) is 14.2 Å². The van der Waals surface area contributed by atoms with Gasteiger partial charge in [-0.25, -0.2) is 9.78 Å². The quantitative estimate of drug-likeness (QED) is 0.373. The second-order valence-electron chi connectivity index (χ2n) is 14.3. The molecule has 2 aliphatic carbocycles. The fourth-order valence-corrected chi connectivity index (χ4v) is 8.06. The topological polar surface area (TPSA) is 98.2 Å². The van der Waals surface area contributed by atoms with Crippen LogP contribution in [0, 0.1) is 11.3 Å². The number of hydrogen-bond donors (Lipinski definition) is 1. The molecule has 1 N–H and O–H groups in total. The van der Waals surface area contributed by atoms with Crippen molar-refractivity contribution in [1.29, 1.82) is 0 Å². The summed E-state index contributed by atoms with van der Waals surface area (Å²) in [6.45, 7) is 6.91. The minimum absolute atomic E-state index is 0.216. The number of carboxylic acids is 1. The van der Waals surface area contributed by atoms with Gasteiger partial charge < -0.3 is 24.2 Å². The molecule has 0 spiro atoms. The van der Waals surface area contributed by atoms with Crippen LogP contribution in [0.2, 0.25) is 0 Å². The molecule has 238 valence electrons. The molecule has 0 unspecified atom stereocenters. The number of fused-ring (bicyclic) bond motifs is 1. The molecule has 1 aromatic heterocycles. The van der Waals surface area contributed by atoms with Crippen molar-refractivity contribution in [2.24, 2.45) is 11.3 Å². The molecule has 5 atom stereocenters. The summed E-state index contributed by atoms with van der Waals surface area (Å²) in [5.41, 5.74) is 5.12. The molecule has 3 heterocycles. The van der Waals surface area contributed by atoms with Gasteiger partial charge in [-0.2, -0.15) is 0 Å². The lowest BCUT2D eigenvalue weighted by molar-refractivity contribution is -0.159. The van der Waals surface area contributed by atoms with Crippen LogP contribution in [0.15, 0.2) is 30.5 Å². The Morgan fingerprint density at radius 3 is 2.52 bits per heavy atom. The molecule has 2 saturated heterocycles. The van der Waals surface area contributed by atoms with Gasteiger partial charge in [0.25, 0.3) is 5.91 Å². The van der Waals surface area contributed by atoms with Crippen molar-refractivity contribution < 1.29 is 28.9 Å². The van der Waals surface area contributed by atoms with E-state index < -0.39 is 41.6 Å². The molecule has 1 aromatic carbocycles. The number of methoxy groups -OCH3 is 1. The van der Waals surface area contributed by atoms with Gasteiger partial charge in [0.05, 0.1) is 25.9 Å². The Kier molecular flexibility index (Phi) is 9.02. The average Bonchev–Trinajstić information content (AvgIpc) is 3.35. The first-order valence-electron chi connectivity index (χ1n) is 16.6. The summed E-state index contributed by atoms with van der Waals surface area (Å²) in [6, 6.07) is 6.87. The maximum Gasteiger partial charge on any atom is 0.326 e. The number of amides is 1. The first kappa shape index (κ1) is 31.0. The number of nitrogens with zero attached hydrogens (tertiary/aromatic N) is 2. The summed E-state index contributed by atoms with van der Waals surface area (Å²) in [4.78, 5) is 34.0. The SMILES string of the molecule is COc1ncc(C2CCC2)cc1CO[C@H]1[C@H](C(C)(C)C)[C@@H](C(=O)O)N(C(=O)[C@@H]2CCCCO2)[C@H]1c1cccc2c1CCCC2. The molecule has 1 saturated carbocycles. The number of aromatic nitrogens is 1. The van der Waals surface area contributed by atoms with Crippen molar-refractivity contribution in [2.75, 3.05) is 13.7 Å². The fraction of sp³-hybridized carbons (Fsp3) is 0.639. The highest BCUT2D eigenvalue weighted by Gasteiger charge is 2.60. The van der Waals surface area contributed by atoms with Gasteiger partial charge in [0, 0.05) is 24.3 Å². The molecule has 1 amide bonds. The van der Waals surface area contributed by atoms with Crippen LogP contribution in [0.4, 0.5) is 0 Å². The van der Waals surface area contributed by atoms with Gasteiger partial charge in [-0.15, -0.1) is 0 Å². The summed E-state index contributed by atoms with van der Waals surface area (Å²) in [7, 11) is 1.62. The van der Waals surface area contributed by atoms with E-state index in [2.05, 4.69) is 50.0 Å². The first-order chi connectivity index (χ1) is 21.2. The lowest BCUT2D eigenvalue weighted by Gasteiger charge is -2.36. The number of likely N-dealkylation sites (tertiary alicyclic amines) is 1. The number of carbonyl (C=O) groups excluding carboxylic acids is 1. The molecular formula is C36H48N2O6. The van der Waals surface area contributed by atoms with Gasteiger partial charge in [-0.3, -0.25) is 4.79 Å². The third kappa shape index (κ3) is 5.87. The van der Waals surface area contributed by atoms with Crippen molar-refractivity contribution in [3.63, 3.8) is 0 Å². The summed E-state index contributed by atoms with van der Waals surface area (Å²) in [5.74, 6) is -0.677. The van der Waals surface area contributed by atoms with Crippen molar-refractivity contribution in [3.8, 4) is 5.88 Å². The largest absolute Gasteiger partial charge is 0.481 e. The average molecular weight is 605 g/mol. The smallest absolute Gasteiger partial charge is 0.326 e. The Morgan fingerprint density at radius 1 is 1.07 bits per heavy atom. The number of hydrogen-bond acceptors (Lipinski definition) is 6. The number of pyridine rings is 1. The second-order valence-corrected chi connectivity index (χ2v) is 14.3. The molecular weight excluding hydrogens is 556 g/mol. The summed E-state index contributed by atoms with van der Waals surface area (Å²) < 4.78 is 18.6. The predicted molar refractivity (Wildman–Crippen MR) is 167 cm³/mol. The Morgan fingerprint density at radius 2 is 1.86 bits per heavy atom. The normalized spacial score (nSPS) is 27.5. The molecule has 44 heavy (non-hydrogen) atoms. The van der Waals surface area contributed by atoms with Crippen molar-refractivity contribution in [2.45, 2.75) is 122 Å². The van der Waals surface area contributed by atoms with Gasteiger partial charge in [0.2, 0.25) is 5.88 Å². The molecule has 2 aliphatic heterocycles. The second kappa shape index (κ2) is 12.8. The van der Waals surface area contributed by atoms with Crippen LogP contribution < -0.4 is 4.74 Å². The molecule has 8 heteroatoms. The van der Waals surface area contributed by atoms with E-state index in [9.17, 15) is 14.7 Å². The van der Waals surface area contributed by atoms with Crippen LogP contribution in [0.5, 0.6) is 5.88 Å². The highest BCUT2D eigenvalue weighted by atomic mass is 16.5. The Balaban J connectivity index is 1.46. The van der Waals surface area contributed by atoms with Gasteiger partial charge in [-0.05, 0) is 97.4 Å². The van der Waals surface area contributed by atoms with Gasteiger partial charge in [0.1, 0.15) is 12.1 Å². The molecule has 0 radical (unpaired) electrons. The molecule has 8 nitrogen and oxygen atoms in total. The third-order valence-corrected chi connectivity index (χ3v) is 10.5. The number of rotatable bonds is 8. The van der Waals surface area contributed by atoms with Crippen LogP contribution in [-0.4, -0.2) is 58.8 Å². The van der Waals surface area contributed by atoms with Crippen LogP contribution >= 0.6 is 0 Å². The van der Waals surface area contributed by atoms with Crippen molar-refractivity contribution >= 4 is 11.9 Å². The van der Waals surface area contributed by atoms with Crippen molar-refractivity contribution in [1.82, 2.24) is 9.88 Å². The van der Waals surface area contributed by atoms with E-state index in [1.165, 1.54) is 23.1 Å². The molecule has 4 aliphatic rings. The summed E-state index contributed by atoms with van der Waals surface area (Å²) in [5, 5.41) is 10.9. The van der Waals surface area contributed by atoms with Gasteiger partial charge in [0.15, 0.2) is 0 Å². The van der Waals surface area contributed by atoms with E-state index in [0.717, 1.165) is 62.5 Å². The zero-order valence-electron chi connectivity index (χ0n) is 26.7. The predicted octanol–water partition coefficient (Wildman–Crippen LogP) is 6.39. The highest BCUT2D eigenvalue weighted by molar-refractivity contribution is 5.88. The van der Waals surface area contributed by atoms with Gasteiger partial charge >= 0.3 is 5.97 Å². The van der Waals surface area contributed by atoms with E-state index in [1.54, 1.807) is 12.0 Å². The molecule has 2 aromatic rings. The number of benzene rings is 1. The fourth-order valence-electron chi connectivity index (χ4n) is 8.06. The zero-order chi connectivity index (χ0) is 31.0. The Bertz CT molecular complexity index is 1360. The Labute approximate surface area is 261 Å². The number of aryl methyl sites for hydroxylation is 1. The van der Waals surface area contributed by atoms with E-state index >= 15 is 0 Å². The summed E-state index contributed by atoms with van der Waals surface area (Å²) in [6.07, 6.45) is 10.8.